The first-order chi connectivity index (χ1) is 8.56. The molecule has 3 N–H and O–H groups in total. The quantitative estimate of drug-likeness (QED) is 0.726. The molecule has 0 saturated carbocycles. The Morgan fingerprint density at radius 2 is 1.83 bits per heavy atom. The van der Waals surface area contributed by atoms with Gasteiger partial charge in [0.1, 0.15) is 0 Å². The van der Waals surface area contributed by atoms with Crippen molar-refractivity contribution in [1.82, 2.24) is 4.98 Å². The van der Waals surface area contributed by atoms with Gasteiger partial charge in [-0.2, -0.15) is 0 Å². The second-order valence-corrected chi connectivity index (χ2v) is 4.26. The zero-order chi connectivity index (χ0) is 13.1. The molecule has 0 amide bonds. The highest BCUT2D eigenvalue weighted by Gasteiger charge is 2.02. The summed E-state index contributed by atoms with van der Waals surface area (Å²) in [5, 5.41) is 21.9. The average Bonchev–Trinajstić information content (AvgIpc) is 2.32. The first-order valence-electron chi connectivity index (χ1n) is 5.75. The summed E-state index contributed by atoms with van der Waals surface area (Å²) in [7, 11) is 0. The van der Waals surface area contributed by atoms with Crippen LogP contribution in [-0.2, 0) is 6.54 Å². The van der Waals surface area contributed by atoms with Gasteiger partial charge >= 0.3 is 0 Å². The maximum absolute atomic E-state index is 9.40. The average molecular weight is 244 g/mol. The van der Waals surface area contributed by atoms with Crippen molar-refractivity contribution in [3.05, 3.63) is 47.3 Å². The summed E-state index contributed by atoms with van der Waals surface area (Å²) in [5.41, 5.74) is 3.79. The van der Waals surface area contributed by atoms with E-state index in [1.54, 1.807) is 12.1 Å². The van der Waals surface area contributed by atoms with E-state index in [4.69, 9.17) is 0 Å². The Balaban J connectivity index is 2.09. The molecule has 4 heteroatoms. The van der Waals surface area contributed by atoms with E-state index in [0.717, 1.165) is 22.6 Å². The maximum Gasteiger partial charge on any atom is 0.157 e. The molecule has 0 aliphatic rings. The predicted molar refractivity (Wildman–Crippen MR) is 70.8 cm³/mol. The van der Waals surface area contributed by atoms with Crippen LogP contribution in [0.1, 0.15) is 17.0 Å². The lowest BCUT2D eigenvalue weighted by Gasteiger charge is -2.10. The van der Waals surface area contributed by atoms with Crippen LogP contribution >= 0.6 is 0 Å². The second kappa shape index (κ2) is 4.96. The first kappa shape index (κ1) is 12.2. The minimum atomic E-state index is -0.105. The van der Waals surface area contributed by atoms with Crippen molar-refractivity contribution < 1.29 is 10.2 Å². The molecule has 0 spiro atoms. The van der Waals surface area contributed by atoms with Gasteiger partial charge in [0.2, 0.25) is 0 Å². The van der Waals surface area contributed by atoms with Crippen molar-refractivity contribution in [2.45, 2.75) is 20.4 Å². The molecule has 4 nitrogen and oxygen atoms in total. The molecule has 2 aromatic rings. The van der Waals surface area contributed by atoms with Gasteiger partial charge in [0.05, 0.1) is 11.4 Å². The van der Waals surface area contributed by atoms with E-state index < -0.39 is 0 Å². The fourth-order valence-corrected chi connectivity index (χ4v) is 1.75. The van der Waals surface area contributed by atoms with Gasteiger partial charge in [0.25, 0.3) is 0 Å². The monoisotopic (exact) mass is 244 g/mol. The van der Waals surface area contributed by atoms with Gasteiger partial charge in [0, 0.05) is 12.2 Å². The van der Waals surface area contributed by atoms with E-state index in [0.29, 0.717) is 6.54 Å². The van der Waals surface area contributed by atoms with Gasteiger partial charge in [-0.05, 0) is 43.7 Å². The Hall–Kier alpha value is -2.23. The molecule has 1 aromatic heterocycles. The Kier molecular flexibility index (Phi) is 3.37. The Labute approximate surface area is 106 Å². The zero-order valence-electron chi connectivity index (χ0n) is 10.4. The summed E-state index contributed by atoms with van der Waals surface area (Å²) in [4.78, 5) is 4.37. The summed E-state index contributed by atoms with van der Waals surface area (Å²) in [6.07, 6.45) is 0. The Bertz CT molecular complexity index is 568. The normalized spacial score (nSPS) is 10.3. The molecule has 1 aromatic carbocycles. The number of benzene rings is 1. The van der Waals surface area contributed by atoms with E-state index in [2.05, 4.69) is 10.3 Å². The molecule has 94 valence electrons. The lowest BCUT2D eigenvalue weighted by atomic mass is 10.2. The molecule has 0 bridgehead atoms. The summed E-state index contributed by atoms with van der Waals surface area (Å²) in [6, 6.07) is 8.71. The van der Waals surface area contributed by atoms with Crippen molar-refractivity contribution in [3.8, 4) is 11.5 Å². The molecule has 0 aliphatic carbocycles. The minimum absolute atomic E-state index is 0.104. The number of phenols is 2. The highest BCUT2D eigenvalue weighted by atomic mass is 16.3. The van der Waals surface area contributed by atoms with Crippen LogP contribution in [-0.4, -0.2) is 15.2 Å². The van der Waals surface area contributed by atoms with E-state index in [1.807, 2.05) is 26.0 Å². The summed E-state index contributed by atoms with van der Waals surface area (Å²) in [6.45, 7) is 4.47. The van der Waals surface area contributed by atoms with Crippen LogP contribution < -0.4 is 5.32 Å². The van der Waals surface area contributed by atoms with Crippen LogP contribution in [0, 0.1) is 13.8 Å². The summed E-state index contributed by atoms with van der Waals surface area (Å²) in [5.74, 6) is -0.208. The standard InChI is InChI=1S/C14H16N2O2/c1-9-3-5-12(10(2)16-9)15-8-11-4-6-13(17)14(18)7-11/h3-7,15,17-18H,8H2,1-2H3. The third-order valence-electron chi connectivity index (χ3n) is 2.75. The van der Waals surface area contributed by atoms with Gasteiger partial charge in [-0.25, -0.2) is 0 Å². The zero-order valence-corrected chi connectivity index (χ0v) is 10.4. The van der Waals surface area contributed by atoms with Gasteiger partial charge < -0.3 is 15.5 Å². The fourth-order valence-electron chi connectivity index (χ4n) is 1.75. The second-order valence-electron chi connectivity index (χ2n) is 4.26. The number of aromatic nitrogens is 1. The molecule has 0 radical (unpaired) electrons. The lowest BCUT2D eigenvalue weighted by Crippen LogP contribution is -2.02. The first-order valence-corrected chi connectivity index (χ1v) is 5.75. The van der Waals surface area contributed by atoms with Crippen molar-refractivity contribution in [2.75, 3.05) is 5.32 Å². The van der Waals surface area contributed by atoms with E-state index in [9.17, 15) is 10.2 Å². The van der Waals surface area contributed by atoms with E-state index in [1.165, 1.54) is 6.07 Å². The smallest absolute Gasteiger partial charge is 0.157 e. The third kappa shape index (κ3) is 2.71. The Morgan fingerprint density at radius 1 is 1.06 bits per heavy atom. The number of anilines is 1. The van der Waals surface area contributed by atoms with Crippen LogP contribution in [0.5, 0.6) is 11.5 Å². The van der Waals surface area contributed by atoms with Gasteiger partial charge in [0.15, 0.2) is 11.5 Å². The maximum atomic E-state index is 9.40. The summed E-state index contributed by atoms with van der Waals surface area (Å²) >= 11 is 0. The molecule has 0 fully saturated rings. The highest BCUT2D eigenvalue weighted by molar-refractivity contribution is 5.49. The molecular weight excluding hydrogens is 228 g/mol. The van der Waals surface area contributed by atoms with Crippen LogP contribution in [0.4, 0.5) is 5.69 Å². The number of nitrogens with zero attached hydrogens (tertiary/aromatic N) is 1. The van der Waals surface area contributed by atoms with Crippen LogP contribution in [0.15, 0.2) is 30.3 Å². The van der Waals surface area contributed by atoms with Gasteiger partial charge in [-0.15, -0.1) is 0 Å². The third-order valence-corrected chi connectivity index (χ3v) is 2.75. The van der Waals surface area contributed by atoms with Crippen LogP contribution in [0.3, 0.4) is 0 Å². The number of aryl methyl sites for hydroxylation is 2. The highest BCUT2D eigenvalue weighted by Crippen LogP contribution is 2.25. The van der Waals surface area contributed by atoms with E-state index >= 15 is 0 Å². The largest absolute Gasteiger partial charge is 0.504 e. The summed E-state index contributed by atoms with van der Waals surface area (Å²) < 4.78 is 0. The van der Waals surface area contributed by atoms with Crippen LogP contribution in [0.2, 0.25) is 0 Å². The number of hydrogen-bond acceptors (Lipinski definition) is 4. The Morgan fingerprint density at radius 3 is 2.50 bits per heavy atom. The van der Waals surface area contributed by atoms with Crippen molar-refractivity contribution in [1.29, 1.82) is 0 Å². The number of hydrogen-bond donors (Lipinski definition) is 3. The number of phenolic OH excluding ortho intramolecular Hbond substituents is 2. The molecule has 18 heavy (non-hydrogen) atoms. The number of rotatable bonds is 3. The molecule has 0 saturated heterocycles. The number of nitrogens with one attached hydrogen (secondary N) is 1. The number of pyridine rings is 1. The van der Waals surface area contributed by atoms with E-state index in [-0.39, 0.29) is 11.5 Å². The molecule has 0 aliphatic heterocycles. The van der Waals surface area contributed by atoms with Crippen molar-refractivity contribution in [2.24, 2.45) is 0 Å². The molecular formula is C14H16N2O2. The number of aromatic hydroxyl groups is 2. The lowest BCUT2D eigenvalue weighted by molar-refractivity contribution is 0.403. The predicted octanol–water partition coefficient (Wildman–Crippen LogP) is 2.72. The molecule has 0 unspecified atom stereocenters. The van der Waals surface area contributed by atoms with Crippen LogP contribution in [0.25, 0.3) is 0 Å². The molecule has 1 heterocycles. The van der Waals surface area contributed by atoms with Gasteiger partial charge in [-0.1, -0.05) is 6.07 Å². The van der Waals surface area contributed by atoms with Crippen molar-refractivity contribution >= 4 is 5.69 Å². The minimum Gasteiger partial charge on any atom is -0.504 e. The topological polar surface area (TPSA) is 65.4 Å². The fraction of sp³-hybridized carbons (Fsp3) is 0.214. The van der Waals surface area contributed by atoms with Gasteiger partial charge in [-0.3, -0.25) is 4.98 Å². The van der Waals surface area contributed by atoms with Crippen molar-refractivity contribution in [3.63, 3.8) is 0 Å². The molecule has 0 atom stereocenters. The SMILES string of the molecule is Cc1ccc(NCc2ccc(O)c(O)c2)c(C)n1. The molecule has 2 rings (SSSR count).